The van der Waals surface area contributed by atoms with Gasteiger partial charge >= 0.3 is 0 Å². The van der Waals surface area contributed by atoms with Crippen molar-refractivity contribution in [3.05, 3.63) is 74.8 Å². The molecular weight excluding hydrogens is 527 g/mol. The average Bonchev–Trinajstić information content (AvgIpc) is 3.19. The van der Waals surface area contributed by atoms with Gasteiger partial charge in [-0.1, -0.05) is 31.0 Å². The first-order valence-corrected chi connectivity index (χ1v) is 11.4. The maximum atomic E-state index is 12.7. The van der Waals surface area contributed by atoms with Crippen LogP contribution < -0.4 is 10.1 Å². The first-order valence-electron chi connectivity index (χ1n) is 9.93. The number of hydrogen-bond acceptors (Lipinski definition) is 4. The molecule has 158 valence electrons. The molecule has 1 amide bonds. The Bertz CT molecular complexity index is 1240. The Labute approximate surface area is 198 Å². The fraction of sp³-hybridized carbons (Fsp3) is 0.167. The Morgan fingerprint density at radius 2 is 2.03 bits per heavy atom. The van der Waals surface area contributed by atoms with E-state index in [1.54, 1.807) is 30.3 Å². The zero-order valence-corrected chi connectivity index (χ0v) is 19.7. The predicted octanol–water partition coefficient (Wildman–Crippen LogP) is 7.18. The molecule has 0 saturated carbocycles. The van der Waals surface area contributed by atoms with Gasteiger partial charge in [0.2, 0.25) is 5.89 Å². The molecule has 0 aliphatic rings. The molecule has 5 nitrogen and oxygen atoms in total. The molecule has 0 unspecified atom stereocenters. The molecule has 4 aromatic rings. The van der Waals surface area contributed by atoms with Crippen LogP contribution in [0.15, 0.2) is 65.1 Å². The lowest BCUT2D eigenvalue weighted by molar-refractivity contribution is 0.102. The number of anilines is 1. The van der Waals surface area contributed by atoms with Crippen LogP contribution in [0.25, 0.3) is 22.6 Å². The van der Waals surface area contributed by atoms with Gasteiger partial charge < -0.3 is 14.5 Å². The number of amides is 1. The lowest BCUT2D eigenvalue weighted by Crippen LogP contribution is -2.12. The Morgan fingerprint density at radius 3 is 2.87 bits per heavy atom. The Kier molecular flexibility index (Phi) is 6.77. The zero-order valence-electron chi connectivity index (χ0n) is 16.8. The fourth-order valence-corrected chi connectivity index (χ4v) is 3.74. The van der Waals surface area contributed by atoms with Gasteiger partial charge in [-0.3, -0.25) is 4.79 Å². The van der Waals surface area contributed by atoms with Crippen LogP contribution >= 0.6 is 34.2 Å². The summed E-state index contributed by atoms with van der Waals surface area (Å²) in [6.07, 6.45) is 2.03. The molecular formula is C24H20ClIN2O3. The van der Waals surface area contributed by atoms with E-state index in [0.29, 0.717) is 45.6 Å². The third-order valence-corrected chi connectivity index (χ3v) is 5.67. The van der Waals surface area contributed by atoms with Gasteiger partial charge in [0.15, 0.2) is 5.58 Å². The van der Waals surface area contributed by atoms with Gasteiger partial charge in [0, 0.05) is 14.8 Å². The van der Waals surface area contributed by atoms with E-state index in [-0.39, 0.29) is 5.91 Å². The van der Waals surface area contributed by atoms with Gasteiger partial charge in [-0.05, 0) is 83.6 Å². The van der Waals surface area contributed by atoms with E-state index >= 15 is 0 Å². The Hall–Kier alpha value is -2.58. The summed E-state index contributed by atoms with van der Waals surface area (Å²) in [5, 5.41) is 3.48. The number of nitrogens with one attached hydrogen (secondary N) is 1. The van der Waals surface area contributed by atoms with Crippen LogP contribution in [0.4, 0.5) is 5.69 Å². The van der Waals surface area contributed by atoms with Crippen LogP contribution in [-0.2, 0) is 0 Å². The quantitative estimate of drug-likeness (QED) is 0.197. The molecule has 0 fully saturated rings. The first-order chi connectivity index (χ1) is 15.0. The molecule has 0 aliphatic carbocycles. The number of carbonyl (C=O) groups is 1. The summed E-state index contributed by atoms with van der Waals surface area (Å²) in [6, 6.07) is 18.2. The highest BCUT2D eigenvalue weighted by Gasteiger charge is 2.14. The summed E-state index contributed by atoms with van der Waals surface area (Å²) in [7, 11) is 0. The first kappa shape index (κ1) is 21.6. The molecule has 31 heavy (non-hydrogen) atoms. The second-order valence-corrected chi connectivity index (χ2v) is 8.66. The standard InChI is InChI=1S/C24H20ClIN2O3/c1-2-3-11-30-18-6-4-5-15(12-18)23(29)27-17-8-10-22-21(14-17)28-24(31-22)19-13-16(26)7-9-20(19)25/h4-10,12-14H,2-3,11H2,1H3,(H,27,29). The summed E-state index contributed by atoms with van der Waals surface area (Å²) < 4.78 is 12.6. The molecule has 0 radical (unpaired) electrons. The summed E-state index contributed by atoms with van der Waals surface area (Å²) in [5.74, 6) is 0.913. The van der Waals surface area contributed by atoms with Crippen molar-refractivity contribution in [3.63, 3.8) is 0 Å². The largest absolute Gasteiger partial charge is 0.494 e. The summed E-state index contributed by atoms with van der Waals surface area (Å²) in [6.45, 7) is 2.74. The maximum absolute atomic E-state index is 12.7. The molecule has 1 aromatic heterocycles. The molecule has 7 heteroatoms. The number of rotatable bonds is 7. The number of ether oxygens (including phenoxy) is 1. The molecule has 0 aliphatic heterocycles. The predicted molar refractivity (Wildman–Crippen MR) is 132 cm³/mol. The van der Waals surface area contributed by atoms with Crippen molar-refractivity contribution in [1.29, 1.82) is 0 Å². The lowest BCUT2D eigenvalue weighted by atomic mass is 10.2. The van der Waals surface area contributed by atoms with Crippen LogP contribution in [0, 0.1) is 3.57 Å². The van der Waals surface area contributed by atoms with E-state index in [0.717, 1.165) is 22.0 Å². The third-order valence-electron chi connectivity index (χ3n) is 4.67. The van der Waals surface area contributed by atoms with Crippen molar-refractivity contribution in [2.45, 2.75) is 19.8 Å². The van der Waals surface area contributed by atoms with Crippen molar-refractivity contribution in [2.24, 2.45) is 0 Å². The molecule has 4 rings (SSSR count). The fourth-order valence-electron chi connectivity index (χ4n) is 3.05. The van der Waals surface area contributed by atoms with Gasteiger partial charge in [0.25, 0.3) is 5.91 Å². The summed E-state index contributed by atoms with van der Waals surface area (Å²) >= 11 is 8.53. The van der Waals surface area contributed by atoms with Gasteiger partial charge in [0.1, 0.15) is 11.3 Å². The number of oxazole rings is 1. The number of aromatic nitrogens is 1. The second kappa shape index (κ2) is 9.70. The summed E-state index contributed by atoms with van der Waals surface area (Å²) in [5.41, 5.74) is 3.15. The summed E-state index contributed by atoms with van der Waals surface area (Å²) in [4.78, 5) is 17.3. The molecule has 3 aromatic carbocycles. The molecule has 1 N–H and O–H groups in total. The minimum absolute atomic E-state index is 0.218. The van der Waals surface area contributed by atoms with Crippen molar-refractivity contribution in [2.75, 3.05) is 11.9 Å². The molecule has 1 heterocycles. The SMILES string of the molecule is CCCCOc1cccc(C(=O)Nc2ccc3oc(-c4cc(I)ccc4Cl)nc3c2)c1. The van der Waals surface area contributed by atoms with Crippen molar-refractivity contribution < 1.29 is 13.9 Å². The third kappa shape index (κ3) is 5.19. The second-order valence-electron chi connectivity index (χ2n) is 7.01. The van der Waals surface area contributed by atoms with E-state index < -0.39 is 0 Å². The lowest BCUT2D eigenvalue weighted by Gasteiger charge is -2.08. The average molecular weight is 547 g/mol. The number of hydrogen-bond donors (Lipinski definition) is 1. The number of fused-ring (bicyclic) bond motifs is 1. The number of halogens is 2. The number of carbonyl (C=O) groups excluding carboxylic acids is 1. The van der Waals surface area contributed by atoms with E-state index in [2.05, 4.69) is 39.8 Å². The van der Waals surface area contributed by atoms with Crippen molar-refractivity contribution in [1.82, 2.24) is 4.98 Å². The number of unbranched alkanes of at least 4 members (excludes halogenated alkanes) is 1. The molecule has 0 bridgehead atoms. The van der Waals surface area contributed by atoms with Gasteiger partial charge in [-0.25, -0.2) is 4.98 Å². The van der Waals surface area contributed by atoms with E-state index in [1.165, 1.54) is 0 Å². The van der Waals surface area contributed by atoms with Crippen LogP contribution in [0.1, 0.15) is 30.1 Å². The van der Waals surface area contributed by atoms with Crippen LogP contribution in [-0.4, -0.2) is 17.5 Å². The monoisotopic (exact) mass is 546 g/mol. The van der Waals surface area contributed by atoms with E-state index in [9.17, 15) is 4.79 Å². The molecule has 0 spiro atoms. The zero-order chi connectivity index (χ0) is 21.8. The van der Waals surface area contributed by atoms with Crippen LogP contribution in [0.5, 0.6) is 5.75 Å². The smallest absolute Gasteiger partial charge is 0.255 e. The highest BCUT2D eigenvalue weighted by molar-refractivity contribution is 14.1. The normalized spacial score (nSPS) is 10.9. The van der Waals surface area contributed by atoms with Crippen LogP contribution in [0.2, 0.25) is 5.02 Å². The molecule has 0 saturated heterocycles. The maximum Gasteiger partial charge on any atom is 0.255 e. The Morgan fingerprint density at radius 1 is 1.16 bits per heavy atom. The van der Waals surface area contributed by atoms with Gasteiger partial charge in [-0.15, -0.1) is 0 Å². The van der Waals surface area contributed by atoms with Crippen LogP contribution in [0.3, 0.4) is 0 Å². The minimum Gasteiger partial charge on any atom is -0.494 e. The van der Waals surface area contributed by atoms with Gasteiger partial charge in [-0.2, -0.15) is 0 Å². The van der Waals surface area contributed by atoms with E-state index in [4.69, 9.17) is 20.8 Å². The van der Waals surface area contributed by atoms with Gasteiger partial charge in [0.05, 0.1) is 17.2 Å². The van der Waals surface area contributed by atoms with Crippen molar-refractivity contribution >= 4 is 56.9 Å². The van der Waals surface area contributed by atoms with Crippen molar-refractivity contribution in [3.8, 4) is 17.2 Å². The van der Waals surface area contributed by atoms with E-state index in [1.807, 2.05) is 30.3 Å². The minimum atomic E-state index is -0.218. The topological polar surface area (TPSA) is 64.4 Å². The Balaban J connectivity index is 1.53. The number of nitrogens with zero attached hydrogens (tertiary/aromatic N) is 1. The molecule has 0 atom stereocenters. The highest BCUT2D eigenvalue weighted by Crippen LogP contribution is 2.32. The number of benzene rings is 3. The highest BCUT2D eigenvalue weighted by atomic mass is 127.